The molecule has 0 saturated heterocycles. The van der Waals surface area contributed by atoms with Crippen molar-refractivity contribution in [3.8, 4) is 6.07 Å². The van der Waals surface area contributed by atoms with Gasteiger partial charge in [0, 0.05) is 16.8 Å². The normalized spacial score (nSPS) is 15.0. The summed E-state index contributed by atoms with van der Waals surface area (Å²) in [5.41, 5.74) is 1.21. The molecule has 9 nitrogen and oxygen atoms in total. The largest absolute Gasteiger partial charge is 0.458 e. The first-order chi connectivity index (χ1) is 17.3. The number of nitro benzene ring substituents is 1. The number of ether oxygens (including phenoxy) is 1. The average molecular weight is 525 g/mol. The molecule has 184 valence electrons. The SMILES string of the molecule is C=CCOC(=O)C1=C(C)NC(SCC(=O)Nc2ccccc2[N+](=O)[O-])=C(C#N)C1c1ccccc1Cl. The molecule has 2 aromatic carbocycles. The maximum absolute atomic E-state index is 12.9. The van der Waals surface area contributed by atoms with Gasteiger partial charge in [-0.2, -0.15) is 5.26 Å². The Bertz CT molecular complexity index is 1330. The molecular weight excluding hydrogens is 504 g/mol. The Morgan fingerprint density at radius 1 is 1.31 bits per heavy atom. The van der Waals surface area contributed by atoms with Crippen LogP contribution < -0.4 is 10.6 Å². The number of nitriles is 1. The van der Waals surface area contributed by atoms with Crippen LogP contribution in [0.2, 0.25) is 5.02 Å². The average Bonchev–Trinajstić information content (AvgIpc) is 2.86. The third-order valence-corrected chi connectivity index (χ3v) is 6.50. The molecular formula is C25H21ClN4O5S. The van der Waals surface area contributed by atoms with Gasteiger partial charge in [0.25, 0.3) is 5.69 Å². The van der Waals surface area contributed by atoms with E-state index in [1.54, 1.807) is 37.3 Å². The number of carbonyl (C=O) groups is 2. The maximum Gasteiger partial charge on any atom is 0.337 e. The number of para-hydroxylation sites is 2. The molecule has 0 aromatic heterocycles. The minimum absolute atomic E-state index is 0.0101. The first kappa shape index (κ1) is 26.5. The fourth-order valence-electron chi connectivity index (χ4n) is 3.59. The minimum Gasteiger partial charge on any atom is -0.458 e. The van der Waals surface area contributed by atoms with Crippen molar-refractivity contribution in [2.24, 2.45) is 0 Å². The molecule has 1 aliphatic heterocycles. The summed E-state index contributed by atoms with van der Waals surface area (Å²) >= 11 is 7.47. The van der Waals surface area contributed by atoms with Crippen LogP contribution in [0.3, 0.4) is 0 Å². The van der Waals surface area contributed by atoms with Crippen molar-refractivity contribution in [1.82, 2.24) is 5.32 Å². The van der Waals surface area contributed by atoms with Gasteiger partial charge in [-0.1, -0.05) is 66.3 Å². The number of rotatable bonds is 9. The Balaban J connectivity index is 1.92. The van der Waals surface area contributed by atoms with Gasteiger partial charge in [-0.05, 0) is 24.6 Å². The molecule has 0 bridgehead atoms. The lowest BCUT2D eigenvalue weighted by Gasteiger charge is -2.29. The van der Waals surface area contributed by atoms with Crippen LogP contribution in [0.1, 0.15) is 18.4 Å². The molecule has 0 spiro atoms. The number of carbonyl (C=O) groups excluding carboxylic acids is 2. The van der Waals surface area contributed by atoms with E-state index < -0.39 is 22.7 Å². The Morgan fingerprint density at radius 3 is 2.67 bits per heavy atom. The summed E-state index contributed by atoms with van der Waals surface area (Å²) in [5, 5.41) is 27.6. The lowest BCUT2D eigenvalue weighted by atomic mass is 9.82. The zero-order valence-corrected chi connectivity index (χ0v) is 20.7. The number of amides is 1. The standard InChI is InChI=1S/C25H21ClN4O5S/c1-3-12-35-25(32)22-15(2)28-24(17(13-27)23(22)16-8-4-5-9-18(16)26)36-14-21(31)29-19-10-6-7-11-20(19)30(33)34/h3-11,23,28H,1,12,14H2,2H3,(H,29,31). The second kappa shape index (κ2) is 12.1. The molecule has 36 heavy (non-hydrogen) atoms. The topological polar surface area (TPSA) is 134 Å². The highest BCUT2D eigenvalue weighted by Crippen LogP contribution is 2.43. The number of halogens is 1. The van der Waals surface area contributed by atoms with Crippen LogP contribution in [-0.2, 0) is 14.3 Å². The molecule has 1 atom stereocenters. The summed E-state index contributed by atoms with van der Waals surface area (Å²) in [7, 11) is 0. The van der Waals surface area contributed by atoms with E-state index in [2.05, 4.69) is 23.3 Å². The molecule has 0 aliphatic carbocycles. The number of nitro groups is 1. The maximum atomic E-state index is 12.9. The fourth-order valence-corrected chi connectivity index (χ4v) is 4.73. The highest BCUT2D eigenvalue weighted by atomic mass is 35.5. The monoisotopic (exact) mass is 524 g/mol. The molecule has 0 fully saturated rings. The van der Waals surface area contributed by atoms with Crippen molar-refractivity contribution >= 4 is 46.6 Å². The van der Waals surface area contributed by atoms with Gasteiger partial charge >= 0.3 is 5.97 Å². The lowest BCUT2D eigenvalue weighted by Crippen LogP contribution is -2.29. The van der Waals surface area contributed by atoms with Crippen LogP contribution in [0.5, 0.6) is 0 Å². The van der Waals surface area contributed by atoms with Crippen molar-refractivity contribution in [2.45, 2.75) is 12.8 Å². The van der Waals surface area contributed by atoms with Crippen LogP contribution in [0.4, 0.5) is 11.4 Å². The van der Waals surface area contributed by atoms with Gasteiger partial charge in [-0.3, -0.25) is 14.9 Å². The number of hydrogen-bond donors (Lipinski definition) is 2. The predicted octanol–water partition coefficient (Wildman–Crippen LogP) is 5.05. The molecule has 2 N–H and O–H groups in total. The summed E-state index contributed by atoms with van der Waals surface area (Å²) in [6, 6.07) is 14.8. The highest BCUT2D eigenvalue weighted by Gasteiger charge is 2.36. The minimum atomic E-state index is -0.831. The van der Waals surface area contributed by atoms with Crippen LogP contribution in [0, 0.1) is 21.4 Å². The van der Waals surface area contributed by atoms with Crippen LogP contribution in [0.25, 0.3) is 0 Å². The van der Waals surface area contributed by atoms with E-state index in [0.29, 0.717) is 21.3 Å². The smallest absolute Gasteiger partial charge is 0.337 e. The highest BCUT2D eigenvalue weighted by molar-refractivity contribution is 8.03. The second-order valence-electron chi connectivity index (χ2n) is 7.47. The second-order valence-corrected chi connectivity index (χ2v) is 8.86. The number of thioether (sulfide) groups is 1. The Hall–Kier alpha value is -4.07. The Kier molecular flexibility index (Phi) is 8.89. The van der Waals surface area contributed by atoms with Gasteiger partial charge in [-0.25, -0.2) is 4.79 Å². The van der Waals surface area contributed by atoms with Crippen molar-refractivity contribution < 1.29 is 19.2 Å². The Labute approximate surface area is 216 Å². The molecule has 2 aromatic rings. The molecule has 3 rings (SSSR count). The van der Waals surface area contributed by atoms with E-state index in [1.807, 2.05) is 0 Å². The molecule has 11 heteroatoms. The zero-order chi connectivity index (χ0) is 26.2. The number of allylic oxidation sites excluding steroid dienone is 2. The first-order valence-electron chi connectivity index (χ1n) is 10.6. The van der Waals surface area contributed by atoms with Gasteiger partial charge in [0.15, 0.2) is 0 Å². The summed E-state index contributed by atoms with van der Waals surface area (Å²) in [6.07, 6.45) is 1.44. The number of nitrogens with zero attached hydrogens (tertiary/aromatic N) is 2. The number of anilines is 1. The van der Waals surface area contributed by atoms with Crippen molar-refractivity contribution in [1.29, 1.82) is 5.26 Å². The quantitative estimate of drug-likeness (QED) is 0.201. The van der Waals surface area contributed by atoms with E-state index in [0.717, 1.165) is 11.8 Å². The predicted molar refractivity (Wildman–Crippen MR) is 138 cm³/mol. The van der Waals surface area contributed by atoms with Crippen molar-refractivity contribution in [3.05, 3.63) is 104 Å². The first-order valence-corrected chi connectivity index (χ1v) is 11.9. The fraction of sp³-hybridized carbons (Fsp3) is 0.160. The summed E-state index contributed by atoms with van der Waals surface area (Å²) in [5.74, 6) is -2.12. The van der Waals surface area contributed by atoms with E-state index in [4.69, 9.17) is 16.3 Å². The van der Waals surface area contributed by atoms with E-state index in [1.165, 1.54) is 24.3 Å². The zero-order valence-electron chi connectivity index (χ0n) is 19.1. The van der Waals surface area contributed by atoms with Crippen LogP contribution >= 0.6 is 23.4 Å². The number of benzene rings is 2. The van der Waals surface area contributed by atoms with Gasteiger partial charge in [0.1, 0.15) is 12.3 Å². The molecule has 0 radical (unpaired) electrons. The third-order valence-electron chi connectivity index (χ3n) is 5.14. The molecule has 1 aliphatic rings. The van der Waals surface area contributed by atoms with Gasteiger partial charge < -0.3 is 15.4 Å². The number of esters is 1. The van der Waals surface area contributed by atoms with Crippen LogP contribution in [-0.4, -0.2) is 29.2 Å². The number of dihydropyridines is 1. The molecule has 1 amide bonds. The van der Waals surface area contributed by atoms with Gasteiger partial charge in [-0.15, -0.1) is 0 Å². The van der Waals surface area contributed by atoms with Gasteiger partial charge in [0.05, 0.1) is 38.8 Å². The summed E-state index contributed by atoms with van der Waals surface area (Å²) < 4.78 is 5.26. The molecule has 0 saturated carbocycles. The third kappa shape index (κ3) is 5.94. The van der Waals surface area contributed by atoms with Crippen molar-refractivity contribution in [2.75, 3.05) is 17.7 Å². The van der Waals surface area contributed by atoms with E-state index >= 15 is 0 Å². The van der Waals surface area contributed by atoms with E-state index in [9.17, 15) is 25.0 Å². The summed E-state index contributed by atoms with van der Waals surface area (Å²) in [4.78, 5) is 36.1. The van der Waals surface area contributed by atoms with Crippen LogP contribution in [0.15, 0.2) is 83.1 Å². The summed E-state index contributed by atoms with van der Waals surface area (Å²) in [6.45, 7) is 5.20. The molecule has 1 unspecified atom stereocenters. The molecule has 1 heterocycles. The lowest BCUT2D eigenvalue weighted by molar-refractivity contribution is -0.383. The van der Waals surface area contributed by atoms with Crippen molar-refractivity contribution in [3.63, 3.8) is 0 Å². The Morgan fingerprint density at radius 2 is 2.00 bits per heavy atom. The number of hydrogen-bond acceptors (Lipinski definition) is 8. The van der Waals surface area contributed by atoms with Gasteiger partial charge in [0.2, 0.25) is 5.91 Å². The van der Waals surface area contributed by atoms with E-state index in [-0.39, 0.29) is 34.9 Å². The number of nitrogens with one attached hydrogen (secondary N) is 2.